The molecule has 0 saturated heterocycles. The topological polar surface area (TPSA) is 79.5 Å². The Morgan fingerprint density at radius 1 is 1.07 bits per heavy atom. The molecular formula is C21H25N3O3. The van der Waals surface area contributed by atoms with Crippen LogP contribution in [0.5, 0.6) is 5.75 Å². The van der Waals surface area contributed by atoms with Crippen molar-refractivity contribution in [3.8, 4) is 5.75 Å². The highest BCUT2D eigenvalue weighted by Gasteiger charge is 2.29. The summed E-state index contributed by atoms with van der Waals surface area (Å²) in [7, 11) is 0. The van der Waals surface area contributed by atoms with Crippen molar-refractivity contribution in [2.45, 2.75) is 26.7 Å². The van der Waals surface area contributed by atoms with Crippen molar-refractivity contribution in [3.05, 3.63) is 48.0 Å². The van der Waals surface area contributed by atoms with Gasteiger partial charge in [0.1, 0.15) is 5.75 Å². The largest absolute Gasteiger partial charge is 0.494 e. The summed E-state index contributed by atoms with van der Waals surface area (Å²) >= 11 is 0. The highest BCUT2D eigenvalue weighted by Crippen LogP contribution is 2.31. The Bertz CT molecular complexity index is 831. The van der Waals surface area contributed by atoms with Gasteiger partial charge >= 0.3 is 0 Å². The molecule has 1 aliphatic carbocycles. The summed E-state index contributed by atoms with van der Waals surface area (Å²) in [5.41, 5.74) is 3.20. The van der Waals surface area contributed by atoms with Crippen LogP contribution in [0.2, 0.25) is 0 Å². The van der Waals surface area contributed by atoms with Crippen LogP contribution < -0.4 is 20.7 Å². The van der Waals surface area contributed by atoms with Crippen LogP contribution >= 0.6 is 0 Å². The van der Waals surface area contributed by atoms with Crippen LogP contribution in [0, 0.1) is 12.8 Å². The Morgan fingerprint density at radius 3 is 2.56 bits per heavy atom. The predicted octanol–water partition coefficient (Wildman–Crippen LogP) is 3.79. The van der Waals surface area contributed by atoms with Gasteiger partial charge in [-0.25, -0.2) is 0 Å². The van der Waals surface area contributed by atoms with Crippen LogP contribution in [0.15, 0.2) is 42.5 Å². The highest BCUT2D eigenvalue weighted by molar-refractivity contribution is 5.96. The summed E-state index contributed by atoms with van der Waals surface area (Å²) in [6, 6.07) is 12.9. The Hall–Kier alpha value is -3.02. The summed E-state index contributed by atoms with van der Waals surface area (Å²) < 4.78 is 5.44. The van der Waals surface area contributed by atoms with E-state index in [1.165, 1.54) is 0 Å². The van der Waals surface area contributed by atoms with Crippen molar-refractivity contribution >= 4 is 28.9 Å². The van der Waals surface area contributed by atoms with Gasteiger partial charge in [0.25, 0.3) is 0 Å². The van der Waals surface area contributed by atoms with Crippen molar-refractivity contribution in [1.29, 1.82) is 0 Å². The normalized spacial score (nSPS) is 13.0. The maximum Gasteiger partial charge on any atom is 0.243 e. The van der Waals surface area contributed by atoms with Gasteiger partial charge in [0.15, 0.2) is 0 Å². The van der Waals surface area contributed by atoms with Gasteiger partial charge in [0.05, 0.1) is 13.2 Å². The standard InChI is InChI=1S/C21H25N3O3/c1-3-27-17-7-4-6-16(12-17)23-20(25)13-22-18-8-5-9-19(14(18)2)24-21(26)15-10-11-15/h4-9,12,15,22H,3,10-11,13H2,1-2H3,(H,23,25)(H,24,26). The van der Waals surface area contributed by atoms with E-state index in [9.17, 15) is 9.59 Å². The summed E-state index contributed by atoms with van der Waals surface area (Å²) in [4.78, 5) is 24.2. The van der Waals surface area contributed by atoms with E-state index in [0.29, 0.717) is 12.3 Å². The van der Waals surface area contributed by atoms with E-state index in [2.05, 4.69) is 16.0 Å². The summed E-state index contributed by atoms with van der Waals surface area (Å²) in [5.74, 6) is 0.787. The molecule has 2 aromatic rings. The number of benzene rings is 2. The minimum atomic E-state index is -0.157. The van der Waals surface area contributed by atoms with Crippen LogP contribution in [0.1, 0.15) is 25.3 Å². The molecule has 0 aliphatic heterocycles. The second kappa shape index (κ2) is 8.58. The first-order valence-electron chi connectivity index (χ1n) is 9.24. The number of amides is 2. The molecule has 0 radical (unpaired) electrons. The Morgan fingerprint density at radius 2 is 1.81 bits per heavy atom. The monoisotopic (exact) mass is 367 g/mol. The smallest absolute Gasteiger partial charge is 0.243 e. The molecule has 1 fully saturated rings. The third-order valence-corrected chi connectivity index (χ3v) is 4.41. The van der Waals surface area contributed by atoms with Gasteiger partial charge in [-0.1, -0.05) is 12.1 Å². The lowest BCUT2D eigenvalue weighted by atomic mass is 10.1. The van der Waals surface area contributed by atoms with Crippen LogP contribution in [0.3, 0.4) is 0 Å². The van der Waals surface area contributed by atoms with Crippen molar-refractivity contribution in [1.82, 2.24) is 0 Å². The molecule has 0 atom stereocenters. The average molecular weight is 367 g/mol. The fourth-order valence-corrected chi connectivity index (χ4v) is 2.75. The maximum atomic E-state index is 12.2. The fourth-order valence-electron chi connectivity index (χ4n) is 2.75. The molecule has 6 nitrogen and oxygen atoms in total. The molecule has 0 aromatic heterocycles. The first kappa shape index (κ1) is 18.8. The minimum absolute atomic E-state index is 0.0715. The molecule has 142 valence electrons. The molecule has 0 bridgehead atoms. The van der Waals surface area contributed by atoms with Crippen LogP contribution in [-0.4, -0.2) is 25.0 Å². The van der Waals surface area contributed by atoms with Gasteiger partial charge in [-0.3, -0.25) is 9.59 Å². The third kappa shape index (κ3) is 5.23. The van der Waals surface area contributed by atoms with Crippen molar-refractivity contribution in [3.63, 3.8) is 0 Å². The molecule has 6 heteroatoms. The number of nitrogens with one attached hydrogen (secondary N) is 3. The third-order valence-electron chi connectivity index (χ3n) is 4.41. The number of hydrogen-bond donors (Lipinski definition) is 3. The summed E-state index contributed by atoms with van der Waals surface area (Å²) in [5, 5.41) is 8.95. The summed E-state index contributed by atoms with van der Waals surface area (Å²) in [6.07, 6.45) is 1.93. The van der Waals surface area contributed by atoms with E-state index in [1.54, 1.807) is 6.07 Å². The predicted molar refractivity (Wildman–Crippen MR) is 107 cm³/mol. The van der Waals surface area contributed by atoms with Crippen molar-refractivity contribution in [2.24, 2.45) is 5.92 Å². The molecule has 0 unspecified atom stereocenters. The number of carbonyl (C=O) groups excluding carboxylic acids is 2. The molecule has 1 aliphatic rings. The number of carbonyl (C=O) groups is 2. The zero-order valence-electron chi connectivity index (χ0n) is 15.7. The van der Waals surface area contributed by atoms with E-state index in [-0.39, 0.29) is 24.3 Å². The quantitative estimate of drug-likeness (QED) is 0.663. The van der Waals surface area contributed by atoms with Gasteiger partial charge < -0.3 is 20.7 Å². The molecule has 3 N–H and O–H groups in total. The Balaban J connectivity index is 1.56. The average Bonchev–Trinajstić information content (AvgIpc) is 3.48. The lowest BCUT2D eigenvalue weighted by Gasteiger charge is -2.14. The van der Waals surface area contributed by atoms with Gasteiger partial charge in [0.2, 0.25) is 11.8 Å². The first-order chi connectivity index (χ1) is 13.1. The molecular weight excluding hydrogens is 342 g/mol. The summed E-state index contributed by atoms with van der Waals surface area (Å²) in [6.45, 7) is 4.54. The Kier molecular flexibility index (Phi) is 5.96. The van der Waals surface area contributed by atoms with E-state index < -0.39 is 0 Å². The van der Waals surface area contributed by atoms with E-state index in [1.807, 2.05) is 50.2 Å². The molecule has 0 spiro atoms. The Labute approximate surface area is 159 Å². The lowest BCUT2D eigenvalue weighted by molar-refractivity contribution is -0.117. The number of hydrogen-bond acceptors (Lipinski definition) is 4. The first-order valence-corrected chi connectivity index (χ1v) is 9.24. The minimum Gasteiger partial charge on any atom is -0.494 e. The number of rotatable bonds is 8. The van der Waals surface area contributed by atoms with Crippen LogP contribution in [0.4, 0.5) is 17.1 Å². The second-order valence-electron chi connectivity index (χ2n) is 6.60. The molecule has 0 heterocycles. The SMILES string of the molecule is CCOc1cccc(NC(=O)CNc2cccc(NC(=O)C3CC3)c2C)c1. The van der Waals surface area contributed by atoms with Gasteiger partial charge in [-0.05, 0) is 56.5 Å². The molecule has 2 amide bonds. The lowest BCUT2D eigenvalue weighted by Crippen LogP contribution is -2.22. The van der Waals surface area contributed by atoms with Crippen LogP contribution in [-0.2, 0) is 9.59 Å². The zero-order valence-corrected chi connectivity index (χ0v) is 15.7. The van der Waals surface area contributed by atoms with Gasteiger partial charge in [-0.15, -0.1) is 0 Å². The highest BCUT2D eigenvalue weighted by atomic mass is 16.5. The van der Waals surface area contributed by atoms with E-state index in [4.69, 9.17) is 4.74 Å². The zero-order chi connectivity index (χ0) is 19.2. The van der Waals surface area contributed by atoms with E-state index in [0.717, 1.165) is 35.5 Å². The molecule has 1 saturated carbocycles. The molecule has 27 heavy (non-hydrogen) atoms. The van der Waals surface area contributed by atoms with Crippen molar-refractivity contribution in [2.75, 3.05) is 29.1 Å². The number of anilines is 3. The molecule has 3 rings (SSSR count). The van der Waals surface area contributed by atoms with E-state index >= 15 is 0 Å². The maximum absolute atomic E-state index is 12.2. The van der Waals surface area contributed by atoms with Crippen molar-refractivity contribution < 1.29 is 14.3 Å². The van der Waals surface area contributed by atoms with Gasteiger partial charge in [-0.2, -0.15) is 0 Å². The van der Waals surface area contributed by atoms with Crippen LogP contribution in [0.25, 0.3) is 0 Å². The molecule has 2 aromatic carbocycles. The number of ether oxygens (including phenoxy) is 1. The second-order valence-corrected chi connectivity index (χ2v) is 6.60. The fraction of sp³-hybridized carbons (Fsp3) is 0.333. The van der Waals surface area contributed by atoms with Gasteiger partial charge in [0, 0.05) is 29.0 Å².